The van der Waals surface area contributed by atoms with Gasteiger partial charge in [-0.15, -0.1) is 11.3 Å². The topological polar surface area (TPSA) is 6.48 Å². The van der Waals surface area contributed by atoms with Crippen molar-refractivity contribution < 1.29 is 0 Å². The Morgan fingerprint density at radius 3 is 1.42 bits per heavy atom. The minimum Gasteiger partial charge on any atom is -0.311 e. The van der Waals surface area contributed by atoms with Gasteiger partial charge in [-0.05, 0) is 158 Å². The van der Waals surface area contributed by atoms with Crippen LogP contribution in [0.15, 0.2) is 97.1 Å². The van der Waals surface area contributed by atoms with Crippen molar-refractivity contribution in [1.29, 1.82) is 0 Å². The zero-order valence-corrected chi connectivity index (χ0v) is 44.4. The molecular weight excluding hydrogens is 816 g/mol. The normalized spacial score (nSPS) is 14.2. The second-order valence-electron chi connectivity index (χ2n) is 25.1. The molecule has 0 unspecified atom stereocenters. The van der Waals surface area contributed by atoms with Gasteiger partial charge >= 0.3 is 0 Å². The molecule has 0 aliphatic carbocycles. The highest BCUT2D eigenvalue weighted by Gasteiger charge is 2.46. The van der Waals surface area contributed by atoms with E-state index in [-0.39, 0.29) is 33.8 Å². The van der Waals surface area contributed by atoms with E-state index in [0.29, 0.717) is 0 Å². The van der Waals surface area contributed by atoms with Crippen LogP contribution in [0.5, 0.6) is 0 Å². The maximum Gasteiger partial charge on any atom is 0.264 e. The molecule has 2 aliphatic rings. The Hall–Kier alpha value is -5.06. The third kappa shape index (κ3) is 7.74. The molecule has 6 aromatic carbocycles. The van der Waals surface area contributed by atoms with Crippen LogP contribution < -0.4 is 25.5 Å². The number of rotatable bonds is 3. The predicted octanol–water partition coefficient (Wildman–Crippen LogP) is 16.4. The van der Waals surface area contributed by atoms with E-state index in [2.05, 4.69) is 238 Å². The van der Waals surface area contributed by atoms with Gasteiger partial charge in [-0.1, -0.05) is 164 Å². The van der Waals surface area contributed by atoms with E-state index in [9.17, 15) is 0 Å². The van der Waals surface area contributed by atoms with Gasteiger partial charge in [0.2, 0.25) is 0 Å². The summed E-state index contributed by atoms with van der Waals surface area (Å²) in [4.78, 5) is 5.35. The van der Waals surface area contributed by atoms with E-state index in [1.807, 2.05) is 11.3 Å². The van der Waals surface area contributed by atoms with Gasteiger partial charge < -0.3 is 9.80 Å². The van der Waals surface area contributed by atoms with Gasteiger partial charge in [0.05, 0.1) is 17.1 Å². The van der Waals surface area contributed by atoms with Crippen LogP contribution in [0, 0.1) is 27.7 Å². The van der Waals surface area contributed by atoms with E-state index in [0.717, 1.165) is 0 Å². The van der Waals surface area contributed by atoms with Crippen LogP contribution in [0.25, 0.3) is 21.2 Å². The zero-order chi connectivity index (χ0) is 48.0. The molecule has 340 valence electrons. The van der Waals surface area contributed by atoms with Gasteiger partial charge in [-0.2, -0.15) is 0 Å². The Morgan fingerprint density at radius 2 is 0.879 bits per heavy atom. The molecule has 7 aromatic rings. The molecule has 0 saturated heterocycles. The number of thiophene rings is 1. The van der Waals surface area contributed by atoms with Crippen LogP contribution in [-0.2, 0) is 27.1 Å². The molecule has 9 rings (SSSR count). The summed E-state index contributed by atoms with van der Waals surface area (Å²) in [6.45, 7) is 44.5. The van der Waals surface area contributed by atoms with Crippen LogP contribution in [0.3, 0.4) is 0 Å². The van der Waals surface area contributed by atoms with E-state index in [4.69, 9.17) is 0 Å². The minimum atomic E-state index is -0.0362. The van der Waals surface area contributed by atoms with Gasteiger partial charge in [0.25, 0.3) is 6.71 Å². The molecule has 0 fully saturated rings. The molecule has 66 heavy (non-hydrogen) atoms. The molecule has 0 atom stereocenters. The second kappa shape index (κ2) is 15.2. The fraction of sp³-hybridized carbons (Fsp3) is 0.387. The molecule has 0 N–H and O–H groups in total. The van der Waals surface area contributed by atoms with Crippen molar-refractivity contribution in [3.8, 4) is 11.1 Å². The minimum absolute atomic E-state index is 0.0136. The molecule has 2 nitrogen and oxygen atoms in total. The van der Waals surface area contributed by atoms with E-state index in [1.54, 1.807) is 0 Å². The van der Waals surface area contributed by atoms with E-state index in [1.165, 1.54) is 121 Å². The summed E-state index contributed by atoms with van der Waals surface area (Å²) in [5, 5.41) is 1.35. The Labute approximate surface area is 402 Å². The number of benzene rings is 6. The molecule has 0 radical (unpaired) electrons. The number of hydrogen-bond acceptors (Lipinski definition) is 3. The van der Waals surface area contributed by atoms with Crippen molar-refractivity contribution in [1.82, 2.24) is 0 Å². The summed E-state index contributed by atoms with van der Waals surface area (Å²) in [5.41, 5.74) is 24.8. The van der Waals surface area contributed by atoms with Crippen LogP contribution in [0.2, 0.25) is 0 Å². The molecule has 0 saturated carbocycles. The third-order valence-corrected chi connectivity index (χ3v) is 15.7. The number of aryl methyl sites for hydroxylation is 4. The third-order valence-electron chi connectivity index (χ3n) is 14.5. The van der Waals surface area contributed by atoms with Crippen LogP contribution in [-0.4, -0.2) is 6.71 Å². The molecule has 3 heterocycles. The van der Waals surface area contributed by atoms with Gasteiger partial charge in [0.1, 0.15) is 0 Å². The highest BCUT2D eigenvalue weighted by molar-refractivity contribution is 7.33. The van der Waals surface area contributed by atoms with Crippen molar-refractivity contribution >= 4 is 78.0 Å². The Kier molecular flexibility index (Phi) is 10.6. The first-order valence-corrected chi connectivity index (χ1v) is 25.2. The van der Waals surface area contributed by atoms with E-state index < -0.39 is 0 Å². The smallest absolute Gasteiger partial charge is 0.264 e. The summed E-state index contributed by atoms with van der Waals surface area (Å²) >= 11 is 2.00. The fourth-order valence-electron chi connectivity index (χ4n) is 10.7. The summed E-state index contributed by atoms with van der Waals surface area (Å²) in [6.07, 6.45) is 0. The largest absolute Gasteiger partial charge is 0.311 e. The summed E-state index contributed by atoms with van der Waals surface area (Å²) in [5.74, 6) is 0. The first-order chi connectivity index (χ1) is 30.5. The number of nitrogens with zero attached hydrogens (tertiary/aromatic N) is 2. The lowest BCUT2D eigenvalue weighted by molar-refractivity contribution is 0.569. The van der Waals surface area contributed by atoms with Gasteiger partial charge in [0.15, 0.2) is 0 Å². The van der Waals surface area contributed by atoms with Gasteiger partial charge in [-0.3, -0.25) is 0 Å². The van der Waals surface area contributed by atoms with Gasteiger partial charge in [0, 0.05) is 37.5 Å². The van der Waals surface area contributed by atoms with Crippen molar-refractivity contribution in [3.63, 3.8) is 0 Å². The highest BCUT2D eigenvalue weighted by atomic mass is 32.1. The highest BCUT2D eigenvalue weighted by Crippen LogP contribution is 2.52. The fourth-order valence-corrected chi connectivity index (χ4v) is 11.9. The Morgan fingerprint density at radius 1 is 0.409 bits per heavy atom. The van der Waals surface area contributed by atoms with Crippen LogP contribution in [0.1, 0.15) is 154 Å². The van der Waals surface area contributed by atoms with Gasteiger partial charge in [-0.25, -0.2) is 0 Å². The molecule has 4 heteroatoms. The number of hydrogen-bond donors (Lipinski definition) is 0. The molecule has 0 amide bonds. The van der Waals surface area contributed by atoms with Crippen LogP contribution in [0.4, 0.5) is 34.1 Å². The average molecular weight is 889 g/mol. The number of anilines is 6. The van der Waals surface area contributed by atoms with Crippen molar-refractivity contribution in [3.05, 3.63) is 147 Å². The predicted molar refractivity (Wildman–Crippen MR) is 294 cm³/mol. The van der Waals surface area contributed by atoms with E-state index >= 15 is 0 Å². The molecular formula is C62H73BN2S. The first-order valence-electron chi connectivity index (χ1n) is 24.4. The molecule has 0 spiro atoms. The maximum atomic E-state index is 2.69. The lowest BCUT2D eigenvalue weighted by atomic mass is 9.36. The van der Waals surface area contributed by atoms with Crippen molar-refractivity contribution in [2.24, 2.45) is 0 Å². The SMILES string of the molecule is Cc1cc(C)c(N2c3cc(C)cc4c3B(c3cc(C(C)(C)C)ccc3N4c3ccc(C(C)(C)C)cc3-c3cc(C(C)(C)C)cc(C(C)(C)C)c3)c3sc4ccc(C(C)(C)C)cc4c32)c(C)c1. The summed E-state index contributed by atoms with van der Waals surface area (Å²) in [7, 11) is 0. The van der Waals surface area contributed by atoms with Crippen molar-refractivity contribution in [2.45, 2.75) is 159 Å². The number of fused-ring (bicyclic) bond motifs is 6. The summed E-state index contributed by atoms with van der Waals surface area (Å²) in [6, 6.07) is 39.3. The lowest BCUT2D eigenvalue weighted by Crippen LogP contribution is -2.60. The Bertz CT molecular complexity index is 3050. The lowest BCUT2D eigenvalue weighted by Gasteiger charge is -2.45. The molecule has 0 bridgehead atoms. The Balaban J connectivity index is 1.44. The van der Waals surface area contributed by atoms with Crippen LogP contribution >= 0.6 is 11.3 Å². The monoisotopic (exact) mass is 889 g/mol. The average Bonchev–Trinajstić information content (AvgIpc) is 3.57. The summed E-state index contributed by atoms with van der Waals surface area (Å²) < 4.78 is 2.77. The molecule has 1 aromatic heterocycles. The quantitative estimate of drug-likeness (QED) is 0.163. The van der Waals surface area contributed by atoms with Crippen molar-refractivity contribution in [2.75, 3.05) is 9.80 Å². The second-order valence-corrected chi connectivity index (χ2v) is 26.2. The zero-order valence-electron chi connectivity index (χ0n) is 43.6. The maximum absolute atomic E-state index is 2.69. The molecule has 2 aliphatic heterocycles. The standard InChI is InChI=1S/C62H73BN2S/c1-36-26-38(3)55(39(4)27-36)65-52-29-37(2)28-51-54(52)63(57-56(65)47-34-42(59(8,9)10)22-25-53(47)66-57)48-35-43(60(11,12)13)21-24-50(48)64(51)49-23-20-41(58(5,6)7)33-46(49)40-30-44(61(14,15)16)32-45(31-40)62(17,18)19/h20-35H,1-19H3. The first kappa shape index (κ1) is 46.1.